The number of carbonyl (C=O) groups excluding carboxylic acids is 2. The topological polar surface area (TPSA) is 79.5 Å². The molecule has 2 rings (SSSR count). The zero-order valence-electron chi connectivity index (χ0n) is 13.6. The lowest BCUT2D eigenvalue weighted by Crippen LogP contribution is -2.49. The number of nitrogens with one attached hydrogen (secondary N) is 3. The van der Waals surface area contributed by atoms with Gasteiger partial charge in [0.25, 0.3) is 11.8 Å². The SMILES string of the molecule is Cc1cc(Cl)ccc1OCC(=O)NNC(=S)NC(=O)c1cccc(Cl)c1. The molecule has 0 fully saturated rings. The summed E-state index contributed by atoms with van der Waals surface area (Å²) < 4.78 is 5.39. The highest BCUT2D eigenvalue weighted by Crippen LogP contribution is 2.21. The van der Waals surface area contributed by atoms with Gasteiger partial charge in [-0.1, -0.05) is 29.3 Å². The average molecular weight is 412 g/mol. The summed E-state index contributed by atoms with van der Waals surface area (Å²) in [6, 6.07) is 11.5. The zero-order valence-corrected chi connectivity index (χ0v) is 16.0. The summed E-state index contributed by atoms with van der Waals surface area (Å²) >= 11 is 16.6. The van der Waals surface area contributed by atoms with E-state index in [-0.39, 0.29) is 11.7 Å². The van der Waals surface area contributed by atoms with Crippen molar-refractivity contribution in [3.05, 3.63) is 63.6 Å². The lowest BCUT2D eigenvalue weighted by Gasteiger charge is -2.12. The maximum Gasteiger partial charge on any atom is 0.276 e. The Balaban J connectivity index is 1.76. The van der Waals surface area contributed by atoms with E-state index >= 15 is 0 Å². The Morgan fingerprint density at radius 1 is 1.08 bits per heavy atom. The van der Waals surface area contributed by atoms with E-state index in [0.717, 1.165) is 5.56 Å². The molecule has 0 radical (unpaired) electrons. The molecule has 0 aliphatic carbocycles. The number of amides is 2. The first-order valence-electron chi connectivity index (χ1n) is 7.40. The summed E-state index contributed by atoms with van der Waals surface area (Å²) in [5.41, 5.74) is 5.90. The van der Waals surface area contributed by atoms with Crippen LogP contribution in [-0.2, 0) is 4.79 Å². The Morgan fingerprint density at radius 3 is 2.50 bits per heavy atom. The molecular weight excluding hydrogens is 397 g/mol. The molecular formula is C17H15Cl2N3O3S. The van der Waals surface area contributed by atoms with Crippen LogP contribution in [0.2, 0.25) is 10.0 Å². The zero-order chi connectivity index (χ0) is 19.1. The minimum absolute atomic E-state index is 0.0639. The Labute approximate surface area is 165 Å². The van der Waals surface area contributed by atoms with Gasteiger partial charge in [0.05, 0.1) is 0 Å². The quantitative estimate of drug-likeness (QED) is 0.532. The van der Waals surface area contributed by atoms with Crippen LogP contribution in [0.5, 0.6) is 5.75 Å². The van der Waals surface area contributed by atoms with Crippen molar-refractivity contribution >= 4 is 52.3 Å². The molecule has 2 amide bonds. The number of hydrogen-bond donors (Lipinski definition) is 3. The number of hydrogen-bond acceptors (Lipinski definition) is 4. The van der Waals surface area contributed by atoms with Gasteiger partial charge in [0, 0.05) is 15.6 Å². The Bertz CT molecular complexity index is 846. The fourth-order valence-corrected chi connectivity index (χ4v) is 2.48. The first-order chi connectivity index (χ1) is 12.3. The van der Waals surface area contributed by atoms with Crippen molar-refractivity contribution in [3.8, 4) is 5.75 Å². The second-order valence-corrected chi connectivity index (χ2v) is 6.45. The van der Waals surface area contributed by atoms with E-state index in [0.29, 0.717) is 21.4 Å². The number of halogens is 2. The molecule has 6 nitrogen and oxygen atoms in total. The molecule has 0 heterocycles. The van der Waals surface area contributed by atoms with Crippen molar-refractivity contribution in [1.29, 1.82) is 0 Å². The molecule has 9 heteroatoms. The minimum atomic E-state index is -0.473. The van der Waals surface area contributed by atoms with Crippen molar-refractivity contribution in [2.45, 2.75) is 6.92 Å². The number of hydrazine groups is 1. The third-order valence-electron chi connectivity index (χ3n) is 3.13. The third kappa shape index (κ3) is 6.18. The number of carbonyl (C=O) groups is 2. The van der Waals surface area contributed by atoms with E-state index in [4.69, 9.17) is 40.2 Å². The highest BCUT2D eigenvalue weighted by molar-refractivity contribution is 7.80. The summed E-state index contributed by atoms with van der Waals surface area (Å²) in [7, 11) is 0. The Morgan fingerprint density at radius 2 is 1.81 bits per heavy atom. The fraction of sp³-hybridized carbons (Fsp3) is 0.118. The predicted octanol–water partition coefficient (Wildman–Crippen LogP) is 3.02. The van der Waals surface area contributed by atoms with Gasteiger partial charge in [0.1, 0.15) is 5.75 Å². The number of thiocarbonyl (C=S) groups is 1. The van der Waals surface area contributed by atoms with Crippen LogP contribution in [0.1, 0.15) is 15.9 Å². The maximum absolute atomic E-state index is 12.0. The second kappa shape index (κ2) is 9.38. The van der Waals surface area contributed by atoms with Gasteiger partial charge in [-0.05, 0) is 61.1 Å². The van der Waals surface area contributed by atoms with E-state index in [1.807, 2.05) is 6.92 Å². The normalized spacial score (nSPS) is 9.96. The molecule has 2 aromatic rings. The number of benzene rings is 2. The maximum atomic E-state index is 12.0. The van der Waals surface area contributed by atoms with Gasteiger partial charge < -0.3 is 4.74 Å². The molecule has 0 saturated carbocycles. The van der Waals surface area contributed by atoms with Gasteiger partial charge in [-0.25, -0.2) is 0 Å². The predicted molar refractivity (Wildman–Crippen MR) is 104 cm³/mol. The van der Waals surface area contributed by atoms with E-state index in [2.05, 4.69) is 16.2 Å². The molecule has 2 aromatic carbocycles. The van der Waals surface area contributed by atoms with E-state index in [1.165, 1.54) is 6.07 Å². The molecule has 26 heavy (non-hydrogen) atoms. The summed E-state index contributed by atoms with van der Waals surface area (Å²) in [4.78, 5) is 23.8. The van der Waals surface area contributed by atoms with Crippen molar-refractivity contribution in [2.24, 2.45) is 0 Å². The summed E-state index contributed by atoms with van der Waals surface area (Å²) in [5, 5.41) is 3.37. The summed E-state index contributed by atoms with van der Waals surface area (Å²) in [6.07, 6.45) is 0. The summed E-state index contributed by atoms with van der Waals surface area (Å²) in [5.74, 6) is -0.382. The van der Waals surface area contributed by atoms with Crippen LogP contribution in [0.15, 0.2) is 42.5 Å². The van der Waals surface area contributed by atoms with Gasteiger partial charge in [0.2, 0.25) is 0 Å². The van der Waals surface area contributed by atoms with Gasteiger partial charge in [-0.2, -0.15) is 0 Å². The molecule has 136 valence electrons. The number of aryl methyl sites for hydroxylation is 1. The monoisotopic (exact) mass is 411 g/mol. The molecule has 3 N–H and O–H groups in total. The van der Waals surface area contributed by atoms with Crippen molar-refractivity contribution in [2.75, 3.05) is 6.61 Å². The van der Waals surface area contributed by atoms with Crippen LogP contribution in [-0.4, -0.2) is 23.5 Å². The van der Waals surface area contributed by atoms with Crippen LogP contribution in [0.4, 0.5) is 0 Å². The standard InChI is InChI=1S/C17H15Cl2N3O3S/c1-10-7-13(19)5-6-14(10)25-9-15(23)21-22-17(26)20-16(24)11-3-2-4-12(18)8-11/h2-8H,9H2,1H3,(H,21,23)(H2,20,22,24,26). The highest BCUT2D eigenvalue weighted by atomic mass is 35.5. The van der Waals surface area contributed by atoms with Gasteiger partial charge >= 0.3 is 0 Å². The van der Waals surface area contributed by atoms with Gasteiger partial charge in [-0.15, -0.1) is 0 Å². The molecule has 0 aromatic heterocycles. The molecule has 0 atom stereocenters. The van der Waals surface area contributed by atoms with Crippen LogP contribution in [0.25, 0.3) is 0 Å². The van der Waals surface area contributed by atoms with Crippen molar-refractivity contribution in [1.82, 2.24) is 16.2 Å². The van der Waals surface area contributed by atoms with E-state index in [1.54, 1.807) is 36.4 Å². The number of rotatable bonds is 4. The van der Waals surface area contributed by atoms with E-state index < -0.39 is 11.8 Å². The summed E-state index contributed by atoms with van der Waals surface area (Å²) in [6.45, 7) is 1.58. The largest absolute Gasteiger partial charge is 0.483 e. The molecule has 0 unspecified atom stereocenters. The smallest absolute Gasteiger partial charge is 0.276 e. The third-order valence-corrected chi connectivity index (χ3v) is 3.80. The average Bonchev–Trinajstić information content (AvgIpc) is 2.59. The lowest BCUT2D eigenvalue weighted by molar-refractivity contribution is -0.123. The second-order valence-electron chi connectivity index (χ2n) is 5.17. The first-order valence-corrected chi connectivity index (χ1v) is 8.56. The number of ether oxygens (including phenoxy) is 1. The van der Waals surface area contributed by atoms with Crippen LogP contribution in [0.3, 0.4) is 0 Å². The Hall–Kier alpha value is -2.35. The van der Waals surface area contributed by atoms with Crippen molar-refractivity contribution < 1.29 is 14.3 Å². The molecule has 0 aliphatic heterocycles. The molecule has 0 bridgehead atoms. The van der Waals surface area contributed by atoms with Gasteiger partial charge in [-0.3, -0.25) is 25.8 Å². The molecule has 0 saturated heterocycles. The molecule has 0 spiro atoms. The van der Waals surface area contributed by atoms with Crippen molar-refractivity contribution in [3.63, 3.8) is 0 Å². The Kier molecular flexibility index (Phi) is 7.20. The minimum Gasteiger partial charge on any atom is -0.483 e. The highest BCUT2D eigenvalue weighted by Gasteiger charge is 2.10. The van der Waals surface area contributed by atoms with E-state index in [9.17, 15) is 9.59 Å². The van der Waals surface area contributed by atoms with Crippen LogP contribution < -0.4 is 20.9 Å². The molecule has 0 aliphatic rings. The lowest BCUT2D eigenvalue weighted by atomic mass is 10.2. The first kappa shape index (κ1) is 20.0. The fourth-order valence-electron chi connectivity index (χ4n) is 1.92. The van der Waals surface area contributed by atoms with Crippen LogP contribution >= 0.6 is 35.4 Å². The van der Waals surface area contributed by atoms with Gasteiger partial charge in [0.15, 0.2) is 11.7 Å². The van der Waals surface area contributed by atoms with Crippen LogP contribution in [0, 0.1) is 6.92 Å².